The third kappa shape index (κ3) is 12.4. The number of hydrogen-bond donors (Lipinski definition) is 2. The normalized spacial score (nSPS) is 13.1. The number of aryl methyl sites for hydroxylation is 2. The summed E-state index contributed by atoms with van der Waals surface area (Å²) in [6.45, 7) is 18.5. The van der Waals surface area contributed by atoms with Crippen LogP contribution in [-0.2, 0) is 14.3 Å². The summed E-state index contributed by atoms with van der Waals surface area (Å²) in [5.41, 5.74) is 2.19. The Kier molecular flexibility index (Phi) is 15.2. The Balaban J connectivity index is 3.46. The van der Waals surface area contributed by atoms with Crippen LogP contribution in [0.3, 0.4) is 0 Å². The van der Waals surface area contributed by atoms with E-state index >= 15 is 0 Å². The van der Waals surface area contributed by atoms with Gasteiger partial charge in [0, 0.05) is 13.1 Å². The summed E-state index contributed by atoms with van der Waals surface area (Å²) >= 11 is 0. The number of benzene rings is 1. The number of hydrogen-bond acceptors (Lipinski definition) is 4. The van der Waals surface area contributed by atoms with Gasteiger partial charge in [-0.2, -0.15) is 0 Å². The van der Waals surface area contributed by atoms with Gasteiger partial charge in [-0.1, -0.05) is 90.0 Å². The molecule has 0 saturated carbocycles. The number of rotatable bonds is 16. The SMILES string of the molecule is CCCCCCCN(C(=O)C(NC(=O)OC(C)(C)C)C(C)C)C(C(=O)NCCCCC)c1ccc(C)cc1C. The lowest BCUT2D eigenvalue weighted by molar-refractivity contribution is -0.143. The van der Waals surface area contributed by atoms with Crippen LogP contribution in [0.5, 0.6) is 0 Å². The van der Waals surface area contributed by atoms with Crippen LogP contribution >= 0.6 is 0 Å². The van der Waals surface area contributed by atoms with E-state index in [4.69, 9.17) is 4.74 Å². The highest BCUT2D eigenvalue weighted by Crippen LogP contribution is 2.28. The lowest BCUT2D eigenvalue weighted by Crippen LogP contribution is -2.55. The van der Waals surface area contributed by atoms with Gasteiger partial charge in [0.25, 0.3) is 0 Å². The van der Waals surface area contributed by atoms with Crippen molar-refractivity contribution < 1.29 is 19.1 Å². The first-order chi connectivity index (χ1) is 18.3. The highest BCUT2D eigenvalue weighted by Gasteiger charge is 2.37. The number of amides is 3. The van der Waals surface area contributed by atoms with E-state index in [2.05, 4.69) is 30.5 Å². The van der Waals surface area contributed by atoms with E-state index in [-0.39, 0.29) is 17.7 Å². The van der Waals surface area contributed by atoms with Crippen molar-refractivity contribution >= 4 is 17.9 Å². The minimum absolute atomic E-state index is 0.181. The Morgan fingerprint density at radius 1 is 0.923 bits per heavy atom. The van der Waals surface area contributed by atoms with Crippen LogP contribution < -0.4 is 10.6 Å². The molecule has 1 aromatic rings. The molecule has 0 aliphatic rings. The molecule has 0 radical (unpaired) electrons. The van der Waals surface area contributed by atoms with Crippen molar-refractivity contribution in [1.29, 1.82) is 0 Å². The molecule has 0 spiro atoms. The van der Waals surface area contributed by atoms with E-state index in [1.54, 1.807) is 25.7 Å². The standard InChI is InChI=1S/C32H55N3O4/c1-10-12-14-15-17-21-35(30(37)27(23(3)4)34-31(38)39-32(7,8)9)28(29(36)33-20-16-13-11-2)26-19-18-24(5)22-25(26)6/h18-19,22-23,27-28H,10-17,20-21H2,1-9H3,(H,33,36)(H,34,38). The minimum Gasteiger partial charge on any atom is -0.444 e. The fourth-order valence-corrected chi connectivity index (χ4v) is 4.65. The molecule has 0 aromatic heterocycles. The molecule has 2 atom stereocenters. The van der Waals surface area contributed by atoms with E-state index in [9.17, 15) is 14.4 Å². The van der Waals surface area contributed by atoms with Crippen molar-refractivity contribution in [3.63, 3.8) is 0 Å². The van der Waals surface area contributed by atoms with Crippen LogP contribution in [0.25, 0.3) is 0 Å². The van der Waals surface area contributed by atoms with Gasteiger partial charge in [0.05, 0.1) is 0 Å². The number of carbonyl (C=O) groups is 3. The lowest BCUT2D eigenvalue weighted by atomic mass is 9.94. The highest BCUT2D eigenvalue weighted by atomic mass is 16.6. The first-order valence-electron chi connectivity index (χ1n) is 15.0. The number of ether oxygens (including phenoxy) is 1. The maximum atomic E-state index is 14.3. The number of nitrogens with zero attached hydrogens (tertiary/aromatic N) is 1. The second kappa shape index (κ2) is 17.2. The molecule has 1 aromatic carbocycles. The van der Waals surface area contributed by atoms with Gasteiger partial charge in [0.1, 0.15) is 17.7 Å². The van der Waals surface area contributed by atoms with Gasteiger partial charge in [0.15, 0.2) is 0 Å². The fraction of sp³-hybridized carbons (Fsp3) is 0.719. The van der Waals surface area contributed by atoms with E-state index < -0.39 is 23.8 Å². The zero-order valence-corrected chi connectivity index (χ0v) is 26.1. The molecule has 0 fully saturated rings. The van der Waals surface area contributed by atoms with Gasteiger partial charge in [0.2, 0.25) is 11.8 Å². The molecule has 7 nitrogen and oxygen atoms in total. The molecule has 3 amide bonds. The van der Waals surface area contributed by atoms with Crippen molar-refractivity contribution in [2.24, 2.45) is 5.92 Å². The second-order valence-corrected chi connectivity index (χ2v) is 12.1. The topological polar surface area (TPSA) is 87.7 Å². The first-order valence-corrected chi connectivity index (χ1v) is 15.0. The van der Waals surface area contributed by atoms with Crippen LogP contribution in [0, 0.1) is 19.8 Å². The minimum atomic E-state index is -0.823. The number of carbonyl (C=O) groups excluding carboxylic acids is 3. The van der Waals surface area contributed by atoms with Crippen molar-refractivity contribution in [2.45, 2.75) is 131 Å². The van der Waals surface area contributed by atoms with E-state index in [1.165, 1.54) is 0 Å². The van der Waals surface area contributed by atoms with E-state index in [0.29, 0.717) is 13.1 Å². The molecule has 0 aliphatic carbocycles. The van der Waals surface area contributed by atoms with Gasteiger partial charge >= 0.3 is 6.09 Å². The molecule has 2 N–H and O–H groups in total. The molecule has 222 valence electrons. The summed E-state index contributed by atoms with van der Waals surface area (Å²) in [7, 11) is 0. The number of unbranched alkanes of at least 4 members (excludes halogenated alkanes) is 6. The molecule has 7 heteroatoms. The molecule has 0 aliphatic heterocycles. The summed E-state index contributed by atoms with van der Waals surface area (Å²) in [5, 5.41) is 5.91. The second-order valence-electron chi connectivity index (χ2n) is 12.1. The quantitative estimate of drug-likeness (QED) is 0.219. The van der Waals surface area contributed by atoms with Crippen molar-refractivity contribution in [3.8, 4) is 0 Å². The number of nitrogens with one attached hydrogen (secondary N) is 2. The summed E-state index contributed by atoms with van der Waals surface area (Å²) in [5.74, 6) is -0.639. The Labute approximate surface area is 237 Å². The largest absolute Gasteiger partial charge is 0.444 e. The summed E-state index contributed by atoms with van der Waals surface area (Å²) in [6.07, 6.45) is 7.46. The predicted molar refractivity (Wildman–Crippen MR) is 160 cm³/mol. The summed E-state index contributed by atoms with van der Waals surface area (Å²) in [6, 6.07) is 4.39. The van der Waals surface area contributed by atoms with Crippen LogP contribution in [0.4, 0.5) is 4.79 Å². The Bertz CT molecular complexity index is 907. The van der Waals surface area contributed by atoms with E-state index in [1.807, 2.05) is 39.8 Å². The van der Waals surface area contributed by atoms with Gasteiger partial charge in [-0.15, -0.1) is 0 Å². The summed E-state index contributed by atoms with van der Waals surface area (Å²) in [4.78, 5) is 42.5. The molecule has 0 bridgehead atoms. The molecule has 39 heavy (non-hydrogen) atoms. The molecule has 1 rings (SSSR count). The Hall–Kier alpha value is -2.57. The fourth-order valence-electron chi connectivity index (χ4n) is 4.65. The van der Waals surface area contributed by atoms with Gasteiger partial charge in [-0.05, 0) is 64.5 Å². The zero-order valence-electron chi connectivity index (χ0n) is 26.1. The third-order valence-electron chi connectivity index (χ3n) is 6.75. The monoisotopic (exact) mass is 545 g/mol. The molecular formula is C32H55N3O4. The zero-order chi connectivity index (χ0) is 29.6. The molecular weight excluding hydrogens is 490 g/mol. The lowest BCUT2D eigenvalue weighted by Gasteiger charge is -2.36. The van der Waals surface area contributed by atoms with Crippen LogP contribution in [0.1, 0.15) is 123 Å². The smallest absolute Gasteiger partial charge is 0.408 e. The predicted octanol–water partition coefficient (Wildman–Crippen LogP) is 7.00. The molecule has 2 unspecified atom stereocenters. The third-order valence-corrected chi connectivity index (χ3v) is 6.75. The Morgan fingerprint density at radius 3 is 2.10 bits per heavy atom. The molecule has 0 heterocycles. The summed E-state index contributed by atoms with van der Waals surface area (Å²) < 4.78 is 5.47. The van der Waals surface area contributed by atoms with Crippen molar-refractivity contribution in [1.82, 2.24) is 15.5 Å². The first kappa shape index (κ1) is 34.5. The van der Waals surface area contributed by atoms with Crippen LogP contribution in [-0.4, -0.2) is 47.5 Å². The average molecular weight is 546 g/mol. The van der Waals surface area contributed by atoms with Gasteiger partial charge < -0.3 is 20.3 Å². The average Bonchev–Trinajstić information content (AvgIpc) is 2.83. The highest BCUT2D eigenvalue weighted by molar-refractivity contribution is 5.92. The van der Waals surface area contributed by atoms with Crippen molar-refractivity contribution in [3.05, 3.63) is 34.9 Å². The maximum absolute atomic E-state index is 14.3. The van der Waals surface area contributed by atoms with Gasteiger partial charge in [-0.3, -0.25) is 9.59 Å². The van der Waals surface area contributed by atoms with E-state index in [0.717, 1.165) is 68.1 Å². The van der Waals surface area contributed by atoms with Crippen LogP contribution in [0.2, 0.25) is 0 Å². The number of alkyl carbamates (subject to hydrolysis) is 1. The maximum Gasteiger partial charge on any atom is 0.408 e. The van der Waals surface area contributed by atoms with Crippen molar-refractivity contribution in [2.75, 3.05) is 13.1 Å². The Morgan fingerprint density at radius 2 is 1.54 bits per heavy atom. The molecule has 0 saturated heterocycles. The van der Waals surface area contributed by atoms with Crippen LogP contribution in [0.15, 0.2) is 18.2 Å². The van der Waals surface area contributed by atoms with Gasteiger partial charge in [-0.25, -0.2) is 4.79 Å².